The Morgan fingerprint density at radius 3 is 2.45 bits per heavy atom. The van der Waals surface area contributed by atoms with Gasteiger partial charge in [-0.2, -0.15) is 0 Å². The van der Waals surface area contributed by atoms with Crippen LogP contribution in [0.2, 0.25) is 0 Å². The van der Waals surface area contributed by atoms with Crippen LogP contribution < -0.4 is 14.8 Å². The fourth-order valence-electron chi connectivity index (χ4n) is 4.28. The van der Waals surface area contributed by atoms with Crippen LogP contribution in [-0.2, 0) is 16.1 Å². The van der Waals surface area contributed by atoms with Crippen LogP contribution in [0.1, 0.15) is 29.9 Å². The smallest absolute Gasteiger partial charge is 0.225 e. The lowest BCUT2D eigenvalue weighted by Crippen LogP contribution is -2.35. The number of carbonyl (C=O) groups is 2. The average Bonchev–Trinajstić information content (AvgIpc) is 3.55. The van der Waals surface area contributed by atoms with E-state index in [9.17, 15) is 14.0 Å². The fraction of sp³-hybridized carbons (Fsp3) is 0.417. The zero-order valence-corrected chi connectivity index (χ0v) is 17.8. The summed E-state index contributed by atoms with van der Waals surface area (Å²) in [6, 6.07) is 11.7. The van der Waals surface area contributed by atoms with Crippen LogP contribution in [0, 0.1) is 17.7 Å². The Morgan fingerprint density at radius 2 is 1.81 bits per heavy atom. The summed E-state index contributed by atoms with van der Waals surface area (Å²) < 4.78 is 24.2. The minimum atomic E-state index is -0.413. The van der Waals surface area contributed by atoms with Gasteiger partial charge in [0.2, 0.25) is 11.8 Å². The monoisotopic (exact) mass is 426 g/mol. The van der Waals surface area contributed by atoms with Crippen molar-refractivity contribution in [2.24, 2.45) is 11.8 Å². The topological polar surface area (TPSA) is 67.9 Å². The second-order valence-electron chi connectivity index (χ2n) is 8.16. The van der Waals surface area contributed by atoms with Crippen molar-refractivity contribution < 1.29 is 23.5 Å². The number of carbonyl (C=O) groups excluding carboxylic acids is 2. The zero-order valence-electron chi connectivity index (χ0n) is 17.8. The fourth-order valence-corrected chi connectivity index (χ4v) is 4.28. The lowest BCUT2D eigenvalue weighted by molar-refractivity contribution is -0.132. The van der Waals surface area contributed by atoms with Gasteiger partial charge in [0.15, 0.2) is 11.5 Å². The van der Waals surface area contributed by atoms with Crippen LogP contribution in [0.3, 0.4) is 0 Å². The number of ether oxygens (including phenoxy) is 2. The van der Waals surface area contributed by atoms with Crippen molar-refractivity contribution in [3.05, 3.63) is 59.4 Å². The summed E-state index contributed by atoms with van der Waals surface area (Å²) in [5.41, 5.74) is 1.67. The van der Waals surface area contributed by atoms with Gasteiger partial charge in [0, 0.05) is 37.0 Å². The molecule has 4 rings (SSSR count). The number of methoxy groups -OCH3 is 2. The summed E-state index contributed by atoms with van der Waals surface area (Å²) in [7, 11) is 3.15. The molecule has 1 aliphatic heterocycles. The van der Waals surface area contributed by atoms with Gasteiger partial charge in [0.1, 0.15) is 5.82 Å². The molecule has 1 saturated carbocycles. The lowest BCUT2D eigenvalue weighted by Gasteiger charge is -2.21. The molecule has 2 fully saturated rings. The lowest BCUT2D eigenvalue weighted by atomic mass is 9.87. The number of para-hydroxylation sites is 1. The Morgan fingerprint density at radius 1 is 1.06 bits per heavy atom. The van der Waals surface area contributed by atoms with Crippen molar-refractivity contribution in [1.82, 2.24) is 10.2 Å². The van der Waals surface area contributed by atoms with Crippen molar-refractivity contribution in [1.29, 1.82) is 0 Å². The highest BCUT2D eigenvalue weighted by atomic mass is 19.1. The van der Waals surface area contributed by atoms with Crippen molar-refractivity contribution >= 4 is 11.8 Å². The molecule has 31 heavy (non-hydrogen) atoms. The number of nitrogens with one attached hydrogen (secondary N) is 1. The van der Waals surface area contributed by atoms with Gasteiger partial charge >= 0.3 is 0 Å². The van der Waals surface area contributed by atoms with E-state index in [0.29, 0.717) is 31.1 Å². The number of halogens is 1. The first-order valence-corrected chi connectivity index (χ1v) is 10.5. The highest BCUT2D eigenvalue weighted by Gasteiger charge is 2.44. The van der Waals surface area contributed by atoms with Crippen LogP contribution >= 0.6 is 0 Å². The maximum atomic E-state index is 13.2. The highest BCUT2D eigenvalue weighted by Crippen LogP contribution is 2.43. The van der Waals surface area contributed by atoms with Gasteiger partial charge in [-0.3, -0.25) is 9.59 Å². The Bertz CT molecular complexity index is 959. The molecule has 2 amide bonds. The van der Waals surface area contributed by atoms with Gasteiger partial charge in [-0.1, -0.05) is 24.3 Å². The van der Waals surface area contributed by atoms with Crippen LogP contribution in [0.15, 0.2) is 42.5 Å². The largest absolute Gasteiger partial charge is 0.493 e. The van der Waals surface area contributed by atoms with E-state index in [4.69, 9.17) is 9.47 Å². The second kappa shape index (κ2) is 8.96. The molecule has 0 bridgehead atoms. The number of benzene rings is 2. The van der Waals surface area contributed by atoms with E-state index in [2.05, 4.69) is 5.32 Å². The molecular weight excluding hydrogens is 399 g/mol. The van der Waals surface area contributed by atoms with Crippen LogP contribution in [-0.4, -0.2) is 44.0 Å². The molecule has 2 atom stereocenters. The van der Waals surface area contributed by atoms with Crippen molar-refractivity contribution in [2.75, 3.05) is 27.3 Å². The van der Waals surface area contributed by atoms with E-state index < -0.39 is 5.92 Å². The maximum Gasteiger partial charge on any atom is 0.225 e. The van der Waals surface area contributed by atoms with Gasteiger partial charge < -0.3 is 19.7 Å². The molecule has 164 valence electrons. The third-order valence-corrected chi connectivity index (χ3v) is 6.11. The quantitative estimate of drug-likeness (QED) is 0.739. The van der Waals surface area contributed by atoms with Gasteiger partial charge in [-0.25, -0.2) is 4.39 Å². The molecular formula is C24H27FN2O4. The summed E-state index contributed by atoms with van der Waals surface area (Å²) in [4.78, 5) is 27.7. The number of hydrogen-bond acceptors (Lipinski definition) is 4. The van der Waals surface area contributed by atoms with Crippen molar-refractivity contribution in [3.8, 4) is 11.5 Å². The van der Waals surface area contributed by atoms with Gasteiger partial charge in [-0.15, -0.1) is 0 Å². The van der Waals surface area contributed by atoms with E-state index in [-0.39, 0.29) is 29.5 Å². The molecule has 2 aliphatic rings. The van der Waals surface area contributed by atoms with E-state index >= 15 is 0 Å². The van der Waals surface area contributed by atoms with Gasteiger partial charge in [0.25, 0.3) is 0 Å². The molecule has 1 aliphatic carbocycles. The Balaban J connectivity index is 1.57. The first-order chi connectivity index (χ1) is 15.0. The third-order valence-electron chi connectivity index (χ3n) is 6.11. The molecule has 6 nitrogen and oxygen atoms in total. The average molecular weight is 426 g/mol. The van der Waals surface area contributed by atoms with Crippen LogP contribution in [0.4, 0.5) is 4.39 Å². The van der Waals surface area contributed by atoms with E-state index in [1.54, 1.807) is 26.4 Å². The minimum absolute atomic E-state index is 0.0916. The number of rotatable bonds is 7. The van der Waals surface area contributed by atoms with Gasteiger partial charge in [-0.05, 0) is 36.6 Å². The first kappa shape index (κ1) is 21.2. The molecule has 0 spiro atoms. The molecule has 1 N–H and O–H groups in total. The number of hydrogen-bond donors (Lipinski definition) is 1. The summed E-state index contributed by atoms with van der Waals surface area (Å²) in [6.07, 6.45) is 1.84. The minimum Gasteiger partial charge on any atom is -0.493 e. The molecule has 0 unspecified atom stereocenters. The third kappa shape index (κ3) is 4.50. The van der Waals surface area contributed by atoms with E-state index in [0.717, 1.165) is 24.0 Å². The number of nitrogens with zero attached hydrogens (tertiary/aromatic N) is 1. The molecule has 2 aromatic rings. The zero-order chi connectivity index (χ0) is 22.0. The normalized spacial score (nSPS) is 20.4. The molecule has 0 aromatic heterocycles. The number of amides is 2. The molecule has 7 heteroatoms. The van der Waals surface area contributed by atoms with E-state index in [1.165, 1.54) is 12.1 Å². The van der Waals surface area contributed by atoms with Crippen LogP contribution in [0.5, 0.6) is 11.5 Å². The maximum absolute atomic E-state index is 13.2. The predicted molar refractivity (Wildman–Crippen MR) is 113 cm³/mol. The van der Waals surface area contributed by atoms with Crippen LogP contribution in [0.25, 0.3) is 0 Å². The molecule has 0 radical (unpaired) electrons. The molecule has 2 aromatic carbocycles. The van der Waals surface area contributed by atoms with E-state index in [1.807, 2.05) is 23.1 Å². The second-order valence-corrected chi connectivity index (χ2v) is 8.16. The SMILES string of the molecule is COc1cccc([C@@H]2CN(C(=O)C3CC3)C[C@H]2C(=O)NCc2ccc(F)cc2)c1OC. The summed E-state index contributed by atoms with van der Waals surface area (Å²) in [5, 5.41) is 2.96. The highest BCUT2D eigenvalue weighted by molar-refractivity contribution is 5.85. The number of likely N-dealkylation sites (tertiary alicyclic amines) is 1. The summed E-state index contributed by atoms with van der Waals surface area (Å²) in [5.74, 6) is 0.333. The molecule has 1 heterocycles. The van der Waals surface area contributed by atoms with Crippen molar-refractivity contribution in [3.63, 3.8) is 0 Å². The Labute approximate surface area is 181 Å². The first-order valence-electron chi connectivity index (χ1n) is 10.5. The van der Waals surface area contributed by atoms with Gasteiger partial charge in [0.05, 0.1) is 20.1 Å². The Hall–Kier alpha value is -3.09. The van der Waals surface area contributed by atoms with Crippen molar-refractivity contribution in [2.45, 2.75) is 25.3 Å². The summed E-state index contributed by atoms with van der Waals surface area (Å²) in [6.45, 7) is 1.14. The molecule has 1 saturated heterocycles. The predicted octanol–water partition coefficient (Wildman–Crippen LogP) is 3.11. The standard InChI is InChI=1S/C24H27FN2O4/c1-30-21-5-3-4-18(22(21)31-2)19-13-27(24(29)16-8-9-16)14-20(19)23(28)26-12-15-6-10-17(25)11-7-15/h3-7,10-11,16,19-20H,8-9,12-14H2,1-2H3,(H,26,28)/t19-,20+/m0/s1. The Kier molecular flexibility index (Phi) is 6.11. The summed E-state index contributed by atoms with van der Waals surface area (Å²) >= 11 is 0.